The number of carbonyl (C=O) groups excluding carboxylic acids is 1. The summed E-state index contributed by atoms with van der Waals surface area (Å²) in [5.41, 5.74) is -1.67. The summed E-state index contributed by atoms with van der Waals surface area (Å²) in [5, 5.41) is 20.5. The number of aliphatic hydroxyl groups is 1. The molecule has 0 saturated carbocycles. The van der Waals surface area contributed by atoms with Crippen LogP contribution in [0.15, 0.2) is 65.6 Å². The molecule has 2 aromatic heterocycles. The highest BCUT2D eigenvalue weighted by molar-refractivity contribution is 7.54. The molecule has 0 spiro atoms. The van der Waals surface area contributed by atoms with E-state index in [9.17, 15) is 46.2 Å². The van der Waals surface area contributed by atoms with Crippen LogP contribution >= 0.6 is 7.60 Å². The fourth-order valence-electron chi connectivity index (χ4n) is 5.21. The van der Waals surface area contributed by atoms with Gasteiger partial charge in [0.1, 0.15) is 42.2 Å². The number of H-pyrrole nitrogens is 1. The van der Waals surface area contributed by atoms with Crippen molar-refractivity contribution in [2.24, 2.45) is 0 Å². The molecule has 20 heteroatoms. The minimum absolute atomic E-state index is 0.0274. The number of alkyl halides is 5. The maximum Gasteiger partial charge on any atom is 0.421 e. The van der Waals surface area contributed by atoms with E-state index in [-0.39, 0.29) is 30.1 Å². The predicted molar refractivity (Wildman–Crippen MR) is 155 cm³/mol. The molecule has 1 aliphatic heterocycles. The number of hydrogen-bond acceptors (Lipinski definition) is 9. The van der Waals surface area contributed by atoms with Crippen molar-refractivity contribution in [1.29, 1.82) is 0 Å². The normalized spacial score (nSPS) is 22.2. The average molecular weight is 678 g/mol. The maximum atomic E-state index is 14.8. The van der Waals surface area contributed by atoms with Crippen molar-refractivity contribution in [3.8, 4) is 0 Å². The zero-order chi connectivity index (χ0) is 34.1. The number of halogens is 5. The second-order valence-electron chi connectivity index (χ2n) is 10.5. The molecule has 0 bridgehead atoms. The minimum atomic E-state index is -5.17. The smallest absolute Gasteiger partial charge is 0.421 e. The number of nitrogens with one attached hydrogen (secondary N) is 4. The van der Waals surface area contributed by atoms with E-state index in [1.807, 2.05) is 0 Å². The Labute approximate surface area is 258 Å². The van der Waals surface area contributed by atoms with Gasteiger partial charge in [-0.3, -0.25) is 14.5 Å². The summed E-state index contributed by atoms with van der Waals surface area (Å²) in [6.07, 6.45) is 2.64. The van der Waals surface area contributed by atoms with Gasteiger partial charge in [-0.15, -0.1) is 0 Å². The number of quaternary nitrogens is 1. The number of allylic oxidation sites excluding steroid dienone is 3. The molecule has 2 atom stereocenters. The van der Waals surface area contributed by atoms with Crippen molar-refractivity contribution in [2.45, 2.75) is 30.7 Å². The van der Waals surface area contributed by atoms with Crippen LogP contribution in [0.1, 0.15) is 18.9 Å². The summed E-state index contributed by atoms with van der Waals surface area (Å²) in [7, 11) is -2.83. The lowest BCUT2D eigenvalue weighted by Crippen LogP contribution is -2.60. The topological polar surface area (TPSA) is 195 Å². The van der Waals surface area contributed by atoms with Crippen LogP contribution in [-0.2, 0) is 20.3 Å². The molecule has 2 unspecified atom stereocenters. The molecule has 14 nitrogen and oxygen atoms in total. The van der Waals surface area contributed by atoms with E-state index in [1.165, 1.54) is 37.5 Å². The van der Waals surface area contributed by atoms with Gasteiger partial charge in [0.05, 0.1) is 13.3 Å². The number of ether oxygens (including phenoxy) is 1. The fourth-order valence-corrected chi connectivity index (χ4v) is 6.22. The molecule has 0 radical (unpaired) electrons. The highest BCUT2D eigenvalue weighted by atomic mass is 31.2. The van der Waals surface area contributed by atoms with Crippen LogP contribution in [0.4, 0.5) is 39.4 Å². The number of amides is 1. The average Bonchev–Trinajstić information content (AvgIpc) is 3.53. The van der Waals surface area contributed by atoms with Gasteiger partial charge in [0.25, 0.3) is 0 Å². The molecule has 0 saturated heterocycles. The van der Waals surface area contributed by atoms with Crippen molar-refractivity contribution < 1.29 is 50.9 Å². The molecule has 2 aliphatic rings. The molecule has 250 valence electrons. The van der Waals surface area contributed by atoms with Crippen molar-refractivity contribution in [3.05, 3.63) is 71.2 Å². The van der Waals surface area contributed by atoms with E-state index >= 15 is 0 Å². The summed E-state index contributed by atoms with van der Waals surface area (Å²) in [6.45, 7) is -1.41. The molecule has 1 amide bonds. The number of aromatic amines is 1. The number of hydrogen-bond donors (Lipinski definition) is 7. The first-order valence-electron chi connectivity index (χ1n) is 13.4. The first kappa shape index (κ1) is 34.7. The maximum absolute atomic E-state index is 14.8. The minimum Gasteiger partial charge on any atom is -0.498 e. The molecule has 4 rings (SSSR count). The van der Waals surface area contributed by atoms with Crippen molar-refractivity contribution >= 4 is 31.0 Å². The second kappa shape index (κ2) is 12.6. The number of aliphatic hydroxyl groups excluding tert-OH is 1. The van der Waals surface area contributed by atoms with Crippen molar-refractivity contribution in [2.75, 3.05) is 44.5 Å². The number of nitrogens with zero attached hydrogens (tertiary/aromatic N) is 4. The van der Waals surface area contributed by atoms with Gasteiger partial charge < -0.3 is 35.6 Å². The van der Waals surface area contributed by atoms with E-state index in [4.69, 9.17) is 4.74 Å². The van der Waals surface area contributed by atoms with Crippen LogP contribution in [0.5, 0.6) is 0 Å². The van der Waals surface area contributed by atoms with Gasteiger partial charge in [0, 0.05) is 19.7 Å². The Kier molecular flexibility index (Phi) is 9.48. The monoisotopic (exact) mass is 677 g/mol. The SMILES string of the molecule is CNC(=O)C1=C(Nc2nc(NC3(P(=O)(O)O)CC=C(C)C=C3OC)ncc2C(F)(F)F)C=CC[N+]1(CC(F)(F)CO)c1cn[nH]c1. The van der Waals surface area contributed by atoms with E-state index in [0.717, 1.165) is 13.3 Å². The zero-order valence-corrected chi connectivity index (χ0v) is 25.5. The van der Waals surface area contributed by atoms with E-state index in [0.29, 0.717) is 11.8 Å². The van der Waals surface area contributed by atoms with E-state index in [2.05, 4.69) is 36.1 Å². The number of rotatable bonds is 11. The first-order valence-corrected chi connectivity index (χ1v) is 15.0. The molecule has 1 aliphatic carbocycles. The summed E-state index contributed by atoms with van der Waals surface area (Å²) < 4.78 is 89.4. The molecule has 3 heterocycles. The summed E-state index contributed by atoms with van der Waals surface area (Å²) in [4.78, 5) is 41.5. The molecule has 46 heavy (non-hydrogen) atoms. The third kappa shape index (κ3) is 6.54. The number of aromatic nitrogens is 4. The Hall–Kier alpha value is -4.16. The number of anilines is 2. The number of carbonyl (C=O) groups is 1. The van der Waals surface area contributed by atoms with Crippen LogP contribution in [0.25, 0.3) is 0 Å². The van der Waals surface area contributed by atoms with Gasteiger partial charge in [-0.2, -0.15) is 32.0 Å². The Morgan fingerprint density at radius 2 is 1.96 bits per heavy atom. The Balaban J connectivity index is 1.92. The van der Waals surface area contributed by atoms with Crippen LogP contribution in [-0.4, -0.2) is 86.0 Å². The van der Waals surface area contributed by atoms with Gasteiger partial charge in [0.15, 0.2) is 12.2 Å². The Morgan fingerprint density at radius 1 is 1.24 bits per heavy atom. The van der Waals surface area contributed by atoms with Gasteiger partial charge in [-0.05, 0) is 25.2 Å². The molecule has 2 aromatic rings. The van der Waals surface area contributed by atoms with Crippen LogP contribution in [0.2, 0.25) is 0 Å². The Morgan fingerprint density at radius 3 is 2.52 bits per heavy atom. The van der Waals surface area contributed by atoms with Crippen LogP contribution in [0, 0.1) is 0 Å². The molecular weight excluding hydrogens is 646 g/mol. The molecule has 7 N–H and O–H groups in total. The molecule has 0 aromatic carbocycles. The zero-order valence-electron chi connectivity index (χ0n) is 24.6. The van der Waals surface area contributed by atoms with Crippen molar-refractivity contribution in [3.63, 3.8) is 0 Å². The van der Waals surface area contributed by atoms with E-state index < -0.39 is 71.5 Å². The second-order valence-corrected chi connectivity index (χ2v) is 12.3. The lowest BCUT2D eigenvalue weighted by molar-refractivity contribution is -0.137. The highest BCUT2D eigenvalue weighted by Crippen LogP contribution is 2.58. The lowest BCUT2D eigenvalue weighted by atomic mass is 10.0. The van der Waals surface area contributed by atoms with Gasteiger partial charge >= 0.3 is 25.6 Å². The van der Waals surface area contributed by atoms with Crippen LogP contribution < -0.4 is 20.4 Å². The lowest BCUT2D eigenvalue weighted by Gasteiger charge is -2.40. The standard InChI is InChI=1S/C26H30F5N8O6P/c1-15-6-7-25(46(42,43)44,19(9-15)45-3)38-23-33-12-17(26(29,30)31)21(37-23)36-18-5-4-8-39(13-24(27,28)14-40,16-10-34-35-11-16)20(18)22(41)32-2/h4-6,9-12,40H,7-8,13-14H2,1-3H3,(H5-,32,33,34,35,36,37,38,41,42,43,44)/p+1. The Bertz CT molecular complexity index is 1660. The van der Waals surface area contributed by atoms with Gasteiger partial charge in [0.2, 0.25) is 16.9 Å². The van der Waals surface area contributed by atoms with Crippen LogP contribution in [0.3, 0.4) is 0 Å². The van der Waals surface area contributed by atoms with Gasteiger partial charge in [-0.1, -0.05) is 11.6 Å². The fraction of sp³-hybridized carbons (Fsp3) is 0.385. The largest absolute Gasteiger partial charge is 0.498 e. The molecule has 0 fully saturated rings. The highest BCUT2D eigenvalue weighted by Gasteiger charge is 2.53. The summed E-state index contributed by atoms with van der Waals surface area (Å²) >= 11 is 0. The summed E-state index contributed by atoms with van der Waals surface area (Å²) in [6, 6.07) is 0. The third-order valence-electron chi connectivity index (χ3n) is 7.41. The first-order chi connectivity index (χ1) is 21.4. The van der Waals surface area contributed by atoms with Gasteiger partial charge in [-0.25, -0.2) is 9.47 Å². The van der Waals surface area contributed by atoms with Crippen molar-refractivity contribution in [1.82, 2.24) is 30.0 Å². The molecular formula is C26H31F5N8O6P+. The quantitative estimate of drug-likeness (QED) is 0.105. The predicted octanol–water partition coefficient (Wildman–Crippen LogP) is 2.96. The summed E-state index contributed by atoms with van der Waals surface area (Å²) in [5.74, 6) is -6.59. The third-order valence-corrected chi connectivity index (χ3v) is 8.92. The van der Waals surface area contributed by atoms with E-state index in [1.54, 1.807) is 6.92 Å². The number of likely N-dealkylation sites (N-methyl/N-ethyl adjacent to an activating group) is 1. The number of methoxy groups -OCH3 is 1.